The molecule has 1 aromatic rings. The van der Waals surface area contributed by atoms with Crippen molar-refractivity contribution < 1.29 is 14.6 Å². The number of benzene rings is 1. The Bertz CT molecular complexity index is 352. The summed E-state index contributed by atoms with van der Waals surface area (Å²) >= 11 is 0. The molecule has 0 aliphatic heterocycles. The third-order valence-corrected chi connectivity index (χ3v) is 2.08. The Hall–Kier alpha value is -1.61. The number of hydrogen-bond acceptors (Lipinski definition) is 3. The molecule has 1 rings (SSSR count). The quantitative estimate of drug-likeness (QED) is 0.608. The first-order chi connectivity index (χ1) is 7.76. The number of aliphatic hydroxyl groups is 1. The highest BCUT2D eigenvalue weighted by atomic mass is 16.5. The van der Waals surface area contributed by atoms with Crippen LogP contribution in [0.25, 0.3) is 6.08 Å². The zero-order valence-electron chi connectivity index (χ0n) is 9.35. The van der Waals surface area contributed by atoms with Crippen molar-refractivity contribution in [1.29, 1.82) is 0 Å². The van der Waals surface area contributed by atoms with Crippen molar-refractivity contribution >= 4 is 12.0 Å². The van der Waals surface area contributed by atoms with E-state index in [1.807, 2.05) is 24.3 Å². The molecule has 0 radical (unpaired) electrons. The topological polar surface area (TPSA) is 46.5 Å². The highest BCUT2D eigenvalue weighted by Crippen LogP contribution is 2.06. The van der Waals surface area contributed by atoms with Crippen molar-refractivity contribution in [2.45, 2.75) is 13.3 Å². The lowest BCUT2D eigenvalue weighted by atomic mass is 10.1. The fourth-order valence-corrected chi connectivity index (χ4v) is 1.28. The Morgan fingerprint density at radius 2 is 2.06 bits per heavy atom. The van der Waals surface area contributed by atoms with E-state index in [1.165, 1.54) is 6.08 Å². The van der Waals surface area contributed by atoms with Crippen molar-refractivity contribution in [3.05, 3.63) is 41.5 Å². The summed E-state index contributed by atoms with van der Waals surface area (Å²) < 4.78 is 4.77. The van der Waals surface area contributed by atoms with Gasteiger partial charge in [-0.1, -0.05) is 24.3 Å². The maximum Gasteiger partial charge on any atom is 0.330 e. The molecule has 86 valence electrons. The second kappa shape index (κ2) is 6.80. The number of carbonyl (C=O) groups excluding carboxylic acids is 1. The molecule has 0 aliphatic carbocycles. The second-order valence-electron chi connectivity index (χ2n) is 3.30. The molecule has 3 heteroatoms. The van der Waals surface area contributed by atoms with Gasteiger partial charge in [-0.3, -0.25) is 0 Å². The summed E-state index contributed by atoms with van der Waals surface area (Å²) in [4.78, 5) is 11.0. The lowest BCUT2D eigenvalue weighted by Crippen LogP contribution is -1.98. The van der Waals surface area contributed by atoms with Crippen molar-refractivity contribution in [2.24, 2.45) is 0 Å². The fourth-order valence-electron chi connectivity index (χ4n) is 1.28. The highest BCUT2D eigenvalue weighted by Gasteiger charge is 1.94. The van der Waals surface area contributed by atoms with Gasteiger partial charge in [0.2, 0.25) is 0 Å². The van der Waals surface area contributed by atoms with E-state index in [1.54, 1.807) is 13.0 Å². The average Bonchev–Trinajstić information content (AvgIpc) is 2.29. The van der Waals surface area contributed by atoms with Crippen LogP contribution in [0.2, 0.25) is 0 Å². The molecule has 16 heavy (non-hydrogen) atoms. The van der Waals surface area contributed by atoms with Crippen LogP contribution in [-0.2, 0) is 16.0 Å². The summed E-state index contributed by atoms with van der Waals surface area (Å²) in [5.41, 5.74) is 2.02. The number of esters is 1. The second-order valence-corrected chi connectivity index (χ2v) is 3.30. The third kappa shape index (κ3) is 4.28. The normalized spacial score (nSPS) is 10.6. The first kappa shape index (κ1) is 12.5. The molecule has 0 spiro atoms. The Labute approximate surface area is 95.4 Å². The van der Waals surface area contributed by atoms with Gasteiger partial charge < -0.3 is 9.84 Å². The predicted molar refractivity (Wildman–Crippen MR) is 62.9 cm³/mol. The molecule has 1 aromatic carbocycles. The Kier molecular flexibility index (Phi) is 5.29. The molecule has 0 fully saturated rings. The minimum Gasteiger partial charge on any atom is -0.463 e. The van der Waals surface area contributed by atoms with Gasteiger partial charge in [0.1, 0.15) is 0 Å². The molecule has 0 bridgehead atoms. The van der Waals surface area contributed by atoms with Crippen LogP contribution in [0.1, 0.15) is 18.1 Å². The summed E-state index contributed by atoms with van der Waals surface area (Å²) in [6.45, 7) is 2.31. The Balaban J connectivity index is 2.57. The molecule has 0 aliphatic rings. The molecule has 0 aromatic heterocycles. The number of hydrogen-bond donors (Lipinski definition) is 1. The van der Waals surface area contributed by atoms with Crippen LogP contribution in [0.3, 0.4) is 0 Å². The van der Waals surface area contributed by atoms with E-state index in [4.69, 9.17) is 9.84 Å². The van der Waals surface area contributed by atoms with Gasteiger partial charge in [0, 0.05) is 12.7 Å². The van der Waals surface area contributed by atoms with E-state index in [-0.39, 0.29) is 12.6 Å². The summed E-state index contributed by atoms with van der Waals surface area (Å²) in [5.74, 6) is -0.332. The van der Waals surface area contributed by atoms with Gasteiger partial charge in [0.15, 0.2) is 0 Å². The molecule has 0 saturated carbocycles. The van der Waals surface area contributed by atoms with E-state index < -0.39 is 0 Å². The van der Waals surface area contributed by atoms with Gasteiger partial charge >= 0.3 is 5.97 Å². The van der Waals surface area contributed by atoms with Gasteiger partial charge in [-0.05, 0) is 30.5 Å². The van der Waals surface area contributed by atoms with Crippen molar-refractivity contribution in [1.82, 2.24) is 0 Å². The number of carbonyl (C=O) groups is 1. The first-order valence-corrected chi connectivity index (χ1v) is 5.31. The van der Waals surface area contributed by atoms with Crippen LogP contribution in [0.4, 0.5) is 0 Å². The molecular weight excluding hydrogens is 204 g/mol. The molecule has 1 N–H and O–H groups in total. The van der Waals surface area contributed by atoms with Crippen LogP contribution in [0.15, 0.2) is 30.3 Å². The summed E-state index contributed by atoms with van der Waals surface area (Å²) in [7, 11) is 0. The zero-order chi connectivity index (χ0) is 11.8. The maximum atomic E-state index is 11.0. The van der Waals surface area contributed by atoms with Crippen molar-refractivity contribution in [3.63, 3.8) is 0 Å². The van der Waals surface area contributed by atoms with E-state index >= 15 is 0 Å². The number of aliphatic hydroxyl groups excluding tert-OH is 1. The van der Waals surface area contributed by atoms with Gasteiger partial charge in [0.05, 0.1) is 6.61 Å². The third-order valence-electron chi connectivity index (χ3n) is 2.08. The van der Waals surface area contributed by atoms with E-state index in [9.17, 15) is 4.79 Å². The lowest BCUT2D eigenvalue weighted by molar-refractivity contribution is -0.137. The monoisotopic (exact) mass is 220 g/mol. The molecule has 3 nitrogen and oxygen atoms in total. The Morgan fingerprint density at radius 3 is 2.62 bits per heavy atom. The smallest absolute Gasteiger partial charge is 0.330 e. The molecule has 0 saturated heterocycles. The molecule has 0 unspecified atom stereocenters. The van der Waals surface area contributed by atoms with Crippen LogP contribution < -0.4 is 0 Å². The van der Waals surface area contributed by atoms with Crippen LogP contribution in [-0.4, -0.2) is 24.3 Å². The van der Waals surface area contributed by atoms with E-state index in [0.29, 0.717) is 13.0 Å². The van der Waals surface area contributed by atoms with Crippen LogP contribution in [0, 0.1) is 0 Å². The van der Waals surface area contributed by atoms with Crippen molar-refractivity contribution in [3.8, 4) is 0 Å². The van der Waals surface area contributed by atoms with Gasteiger partial charge in [-0.15, -0.1) is 0 Å². The minimum absolute atomic E-state index is 0.151. The molecule has 0 atom stereocenters. The fraction of sp³-hybridized carbons (Fsp3) is 0.308. The number of rotatable bonds is 5. The SMILES string of the molecule is CCOC(=O)/C=C/c1ccc(CCO)cc1. The van der Waals surface area contributed by atoms with Crippen molar-refractivity contribution in [2.75, 3.05) is 13.2 Å². The zero-order valence-corrected chi connectivity index (χ0v) is 9.35. The largest absolute Gasteiger partial charge is 0.463 e. The Morgan fingerprint density at radius 1 is 1.38 bits per heavy atom. The first-order valence-electron chi connectivity index (χ1n) is 5.31. The molecule has 0 amide bonds. The van der Waals surface area contributed by atoms with Crippen LogP contribution in [0.5, 0.6) is 0 Å². The van der Waals surface area contributed by atoms with Gasteiger partial charge in [0.25, 0.3) is 0 Å². The summed E-state index contributed by atoms with van der Waals surface area (Å²) in [5, 5.41) is 8.75. The maximum absolute atomic E-state index is 11.0. The highest BCUT2D eigenvalue weighted by molar-refractivity contribution is 5.86. The lowest BCUT2D eigenvalue weighted by Gasteiger charge is -1.99. The average molecular weight is 220 g/mol. The standard InChI is InChI=1S/C13H16O3/c1-2-16-13(15)8-7-11-3-5-12(6-4-11)9-10-14/h3-8,14H,2,9-10H2,1H3/b8-7+. The minimum atomic E-state index is -0.332. The number of ether oxygens (including phenoxy) is 1. The van der Waals surface area contributed by atoms with Gasteiger partial charge in [-0.25, -0.2) is 4.79 Å². The molecule has 0 heterocycles. The summed E-state index contributed by atoms with van der Waals surface area (Å²) in [6.07, 6.45) is 3.77. The molecular formula is C13H16O3. The summed E-state index contributed by atoms with van der Waals surface area (Å²) in [6, 6.07) is 7.67. The predicted octanol–water partition coefficient (Wildman–Crippen LogP) is 1.80. The van der Waals surface area contributed by atoms with E-state index in [2.05, 4.69) is 0 Å². The van der Waals surface area contributed by atoms with Crippen LogP contribution >= 0.6 is 0 Å². The van der Waals surface area contributed by atoms with Gasteiger partial charge in [-0.2, -0.15) is 0 Å². The van der Waals surface area contributed by atoms with E-state index in [0.717, 1.165) is 11.1 Å².